The van der Waals surface area contributed by atoms with Crippen LogP contribution in [0.3, 0.4) is 0 Å². The highest BCUT2D eigenvalue weighted by Crippen LogP contribution is 2.66. The average Bonchev–Trinajstić information content (AvgIpc) is 2.74. The first-order chi connectivity index (χ1) is 11.1. The molecule has 3 unspecified atom stereocenters. The summed E-state index contributed by atoms with van der Waals surface area (Å²) in [5.74, 6) is 1.01. The van der Waals surface area contributed by atoms with Gasteiger partial charge in [-0.3, -0.25) is 4.79 Å². The van der Waals surface area contributed by atoms with Crippen molar-refractivity contribution in [3.05, 3.63) is 12.2 Å². The smallest absolute Gasteiger partial charge is 0.246 e. The second kappa shape index (κ2) is 4.84. The molecule has 0 aromatic carbocycles. The molecular formula is C20H30FNO2. The lowest BCUT2D eigenvalue weighted by molar-refractivity contribution is -0.158. The van der Waals surface area contributed by atoms with Gasteiger partial charge in [0.2, 0.25) is 5.91 Å². The molecule has 3 saturated carbocycles. The molecule has 1 heterocycles. The molecule has 0 radical (unpaired) electrons. The molecule has 0 aromatic heterocycles. The number of carbonyl (C=O) groups is 1. The van der Waals surface area contributed by atoms with Crippen molar-refractivity contribution < 1.29 is 14.3 Å². The van der Waals surface area contributed by atoms with E-state index in [1.165, 1.54) is 0 Å². The van der Waals surface area contributed by atoms with Crippen LogP contribution < -0.4 is 0 Å². The van der Waals surface area contributed by atoms with E-state index in [1.54, 1.807) is 18.0 Å². The fraction of sp³-hybridized carbons (Fsp3) is 0.850. The topological polar surface area (TPSA) is 40.5 Å². The first kappa shape index (κ1) is 16.6. The minimum atomic E-state index is -0.983. The van der Waals surface area contributed by atoms with Gasteiger partial charge in [-0.15, -0.1) is 0 Å². The van der Waals surface area contributed by atoms with Gasteiger partial charge in [0.15, 0.2) is 0 Å². The molecule has 4 rings (SSSR count). The summed E-state index contributed by atoms with van der Waals surface area (Å²) in [6.07, 6.45) is 7.02. The molecule has 3 nitrogen and oxygen atoms in total. The molecule has 8 atom stereocenters. The average molecular weight is 335 g/mol. The number of halogens is 1. The molecule has 1 aliphatic heterocycles. The van der Waals surface area contributed by atoms with Gasteiger partial charge in [-0.1, -0.05) is 19.9 Å². The monoisotopic (exact) mass is 335 g/mol. The lowest BCUT2D eigenvalue weighted by atomic mass is 9.47. The Balaban J connectivity index is 1.74. The normalized spacial score (nSPS) is 56.7. The van der Waals surface area contributed by atoms with Crippen LogP contribution in [0.1, 0.15) is 52.9 Å². The maximum absolute atomic E-state index is 15.2. The van der Waals surface area contributed by atoms with Crippen molar-refractivity contribution in [3.8, 4) is 0 Å². The van der Waals surface area contributed by atoms with Crippen molar-refractivity contribution in [3.63, 3.8) is 0 Å². The molecule has 24 heavy (non-hydrogen) atoms. The number of nitrogens with zero attached hydrogens (tertiary/aromatic N) is 1. The SMILES string of the molecule is CN1C(=O)C=C[C@@]2(C)C1C(F)C[C@@H]1[C@H]2CC[C@@]2(C)[C@H]1CCC2(C)O. The lowest BCUT2D eigenvalue weighted by Crippen LogP contribution is -2.64. The van der Waals surface area contributed by atoms with Crippen LogP contribution in [0.2, 0.25) is 0 Å². The van der Waals surface area contributed by atoms with Gasteiger partial charge in [0.05, 0.1) is 11.6 Å². The van der Waals surface area contributed by atoms with Gasteiger partial charge >= 0.3 is 0 Å². The van der Waals surface area contributed by atoms with Crippen LogP contribution >= 0.6 is 0 Å². The summed E-state index contributed by atoms with van der Waals surface area (Å²) >= 11 is 0. The highest BCUT2D eigenvalue weighted by Gasteiger charge is 2.65. The zero-order valence-electron chi connectivity index (χ0n) is 15.3. The highest BCUT2D eigenvalue weighted by molar-refractivity contribution is 5.89. The Morgan fingerprint density at radius 1 is 1.21 bits per heavy atom. The molecule has 0 spiro atoms. The fourth-order valence-corrected chi connectivity index (χ4v) is 7.02. The number of aliphatic hydroxyl groups is 1. The number of hydrogen-bond donors (Lipinski definition) is 1. The van der Waals surface area contributed by atoms with E-state index in [0.717, 1.165) is 25.7 Å². The van der Waals surface area contributed by atoms with Gasteiger partial charge in [-0.2, -0.15) is 0 Å². The molecule has 0 bridgehead atoms. The minimum absolute atomic E-state index is 0.0805. The molecule has 134 valence electrons. The van der Waals surface area contributed by atoms with Crippen molar-refractivity contribution in [2.45, 2.75) is 70.7 Å². The number of alkyl halides is 1. The zero-order valence-corrected chi connectivity index (χ0v) is 15.3. The van der Waals surface area contributed by atoms with Crippen molar-refractivity contribution in [2.75, 3.05) is 7.05 Å². The highest BCUT2D eigenvalue weighted by atomic mass is 19.1. The van der Waals surface area contributed by atoms with Crippen LogP contribution in [-0.2, 0) is 4.79 Å². The summed E-state index contributed by atoms with van der Waals surface area (Å²) in [6.45, 7) is 6.34. The molecular weight excluding hydrogens is 305 g/mol. The molecule has 3 fully saturated rings. The van der Waals surface area contributed by atoms with E-state index < -0.39 is 11.8 Å². The Morgan fingerprint density at radius 3 is 2.58 bits per heavy atom. The van der Waals surface area contributed by atoms with E-state index in [0.29, 0.717) is 24.2 Å². The van der Waals surface area contributed by atoms with E-state index in [9.17, 15) is 9.90 Å². The van der Waals surface area contributed by atoms with E-state index in [2.05, 4.69) is 13.8 Å². The van der Waals surface area contributed by atoms with Crippen LogP contribution in [0, 0.1) is 28.6 Å². The predicted octanol–water partition coefficient (Wildman–Crippen LogP) is 3.32. The number of likely N-dealkylation sites (N-methyl/N-ethyl adjacent to an activating group) is 1. The molecule has 4 aliphatic rings. The minimum Gasteiger partial charge on any atom is -0.390 e. The number of hydrogen-bond acceptors (Lipinski definition) is 2. The number of rotatable bonds is 0. The first-order valence-electron chi connectivity index (χ1n) is 9.44. The Labute approximate surface area is 144 Å². The Hall–Kier alpha value is -0.900. The van der Waals surface area contributed by atoms with Gasteiger partial charge in [-0.25, -0.2) is 4.39 Å². The first-order valence-corrected chi connectivity index (χ1v) is 9.44. The van der Waals surface area contributed by atoms with E-state index in [4.69, 9.17) is 0 Å². The van der Waals surface area contributed by atoms with E-state index >= 15 is 4.39 Å². The Morgan fingerprint density at radius 2 is 1.88 bits per heavy atom. The zero-order chi connectivity index (χ0) is 17.5. The quantitative estimate of drug-likeness (QED) is 0.738. The Bertz CT molecular complexity index is 602. The second-order valence-corrected chi connectivity index (χ2v) is 9.49. The standard InChI is InChI=1S/C20H30FNO2/c1-18-8-7-16(23)22(4)17(18)15(21)11-12-13(18)5-9-19(2)14(12)6-10-20(19,3)24/h7-8,12-15,17,24H,5-6,9-11H2,1-4H3/t12-,13-,14+,15?,17?,18-,19+,20?/m1/s1. The second-order valence-electron chi connectivity index (χ2n) is 9.49. The molecule has 0 saturated heterocycles. The van der Waals surface area contributed by atoms with Crippen LogP contribution in [-0.4, -0.2) is 40.8 Å². The maximum Gasteiger partial charge on any atom is 0.246 e. The number of carbonyl (C=O) groups excluding carboxylic acids is 1. The molecule has 1 N–H and O–H groups in total. The molecule has 0 aromatic rings. The fourth-order valence-electron chi connectivity index (χ4n) is 7.02. The summed E-state index contributed by atoms with van der Waals surface area (Å²) in [4.78, 5) is 13.7. The summed E-state index contributed by atoms with van der Waals surface area (Å²) in [5.41, 5.74) is -1.03. The van der Waals surface area contributed by atoms with E-state index in [-0.39, 0.29) is 22.8 Å². The van der Waals surface area contributed by atoms with Gasteiger partial charge in [-0.05, 0) is 68.3 Å². The maximum atomic E-state index is 15.2. The molecule has 4 heteroatoms. The van der Waals surface area contributed by atoms with Crippen molar-refractivity contribution in [2.24, 2.45) is 28.6 Å². The van der Waals surface area contributed by atoms with Crippen molar-refractivity contribution >= 4 is 5.91 Å². The number of fused-ring (bicyclic) bond motifs is 5. The molecule has 3 aliphatic carbocycles. The summed E-state index contributed by atoms with van der Waals surface area (Å²) < 4.78 is 15.2. The lowest BCUT2D eigenvalue weighted by Gasteiger charge is -2.61. The Kier molecular flexibility index (Phi) is 3.34. The van der Waals surface area contributed by atoms with Crippen LogP contribution in [0.15, 0.2) is 12.2 Å². The van der Waals surface area contributed by atoms with Gasteiger partial charge in [0.25, 0.3) is 0 Å². The summed E-state index contributed by atoms with van der Waals surface area (Å²) in [6, 6.07) is -0.345. The third-order valence-corrected chi connectivity index (χ3v) is 8.63. The number of amides is 1. The van der Waals surface area contributed by atoms with Gasteiger partial charge < -0.3 is 10.0 Å². The van der Waals surface area contributed by atoms with Crippen LogP contribution in [0.5, 0.6) is 0 Å². The van der Waals surface area contributed by atoms with Crippen molar-refractivity contribution in [1.29, 1.82) is 0 Å². The predicted molar refractivity (Wildman–Crippen MR) is 91.0 cm³/mol. The van der Waals surface area contributed by atoms with Crippen molar-refractivity contribution in [1.82, 2.24) is 4.90 Å². The summed E-state index contributed by atoms with van der Waals surface area (Å²) in [5, 5.41) is 10.9. The third kappa shape index (κ3) is 1.84. The van der Waals surface area contributed by atoms with E-state index in [1.807, 2.05) is 13.0 Å². The van der Waals surface area contributed by atoms with Gasteiger partial charge in [0, 0.05) is 12.5 Å². The largest absolute Gasteiger partial charge is 0.390 e. The third-order valence-electron chi connectivity index (χ3n) is 8.63. The molecule has 1 amide bonds. The van der Waals surface area contributed by atoms with Crippen LogP contribution in [0.4, 0.5) is 4.39 Å². The van der Waals surface area contributed by atoms with Crippen LogP contribution in [0.25, 0.3) is 0 Å². The summed E-state index contributed by atoms with van der Waals surface area (Å²) in [7, 11) is 1.74. The van der Waals surface area contributed by atoms with Gasteiger partial charge in [0.1, 0.15) is 6.17 Å².